The summed E-state index contributed by atoms with van der Waals surface area (Å²) in [6.07, 6.45) is 0. The fourth-order valence-electron chi connectivity index (χ4n) is 2.02. The first-order chi connectivity index (χ1) is 9.69. The number of hydrogen-bond donors (Lipinski definition) is 0. The maximum absolute atomic E-state index is 12.0. The van der Waals surface area contributed by atoms with Gasteiger partial charge >= 0.3 is 0 Å². The normalized spacial score (nSPS) is 10.9. The molecule has 0 aliphatic rings. The van der Waals surface area contributed by atoms with E-state index in [4.69, 9.17) is 4.84 Å². The van der Waals surface area contributed by atoms with Gasteiger partial charge in [-0.1, -0.05) is 12.1 Å². The van der Waals surface area contributed by atoms with Gasteiger partial charge in [0.1, 0.15) is 0 Å². The van der Waals surface area contributed by atoms with Gasteiger partial charge in [0.05, 0.1) is 29.2 Å². The number of fused-ring (bicyclic) bond motifs is 2. The molecular formula is C15H13N3O2. The fraction of sp³-hybridized carbons (Fsp3) is 0.133. The molecule has 20 heavy (non-hydrogen) atoms. The van der Waals surface area contributed by atoms with Crippen molar-refractivity contribution in [2.45, 2.75) is 0 Å². The summed E-state index contributed by atoms with van der Waals surface area (Å²) in [4.78, 5) is 26.0. The molecule has 0 fully saturated rings. The minimum absolute atomic E-state index is 0.218. The average molecular weight is 267 g/mol. The number of amides is 1. The lowest BCUT2D eigenvalue weighted by molar-refractivity contribution is -0.0756. The zero-order chi connectivity index (χ0) is 14.1. The molecule has 1 aromatic heterocycles. The Labute approximate surface area is 115 Å². The summed E-state index contributed by atoms with van der Waals surface area (Å²) in [6.45, 7) is 0. The van der Waals surface area contributed by atoms with Crippen LogP contribution in [0.4, 0.5) is 0 Å². The summed E-state index contributed by atoms with van der Waals surface area (Å²) >= 11 is 0. The molecule has 5 nitrogen and oxygen atoms in total. The zero-order valence-corrected chi connectivity index (χ0v) is 11.2. The maximum Gasteiger partial charge on any atom is 0.277 e. The molecule has 0 atom stereocenters. The second-order valence-corrected chi connectivity index (χ2v) is 4.40. The Morgan fingerprint density at radius 3 is 2.25 bits per heavy atom. The van der Waals surface area contributed by atoms with Gasteiger partial charge in [-0.05, 0) is 30.3 Å². The van der Waals surface area contributed by atoms with Gasteiger partial charge in [0.2, 0.25) is 0 Å². The van der Waals surface area contributed by atoms with Crippen molar-refractivity contribution in [2.75, 3.05) is 14.2 Å². The molecule has 0 saturated heterocycles. The summed E-state index contributed by atoms with van der Waals surface area (Å²) in [5.41, 5.74) is 3.63. The van der Waals surface area contributed by atoms with Crippen LogP contribution in [-0.2, 0) is 4.84 Å². The summed E-state index contributed by atoms with van der Waals surface area (Å²) in [5.74, 6) is -0.218. The third-order valence-electron chi connectivity index (χ3n) is 3.15. The number of nitrogens with zero attached hydrogens (tertiary/aromatic N) is 3. The van der Waals surface area contributed by atoms with E-state index in [1.165, 1.54) is 12.2 Å². The standard InChI is InChI=1S/C15H13N3O2/c1-18(20-2)15(19)10-7-8-13-14(9-10)17-12-6-4-3-5-11(12)16-13/h3-9H,1-2H3. The highest BCUT2D eigenvalue weighted by molar-refractivity contribution is 5.97. The van der Waals surface area contributed by atoms with E-state index < -0.39 is 0 Å². The zero-order valence-electron chi connectivity index (χ0n) is 11.2. The third kappa shape index (κ3) is 2.08. The molecule has 0 saturated carbocycles. The van der Waals surface area contributed by atoms with E-state index in [2.05, 4.69) is 9.97 Å². The molecule has 0 aliphatic carbocycles. The topological polar surface area (TPSA) is 55.3 Å². The van der Waals surface area contributed by atoms with E-state index in [9.17, 15) is 4.79 Å². The van der Waals surface area contributed by atoms with Gasteiger partial charge in [-0.2, -0.15) is 0 Å². The molecule has 3 rings (SSSR count). The van der Waals surface area contributed by atoms with Crippen molar-refractivity contribution in [3.8, 4) is 0 Å². The number of para-hydroxylation sites is 2. The first-order valence-corrected chi connectivity index (χ1v) is 6.18. The largest absolute Gasteiger partial charge is 0.277 e. The van der Waals surface area contributed by atoms with E-state index in [0.29, 0.717) is 11.1 Å². The highest BCUT2D eigenvalue weighted by atomic mass is 16.7. The van der Waals surface area contributed by atoms with Gasteiger partial charge in [0.15, 0.2) is 0 Å². The van der Waals surface area contributed by atoms with Crippen molar-refractivity contribution < 1.29 is 9.63 Å². The minimum atomic E-state index is -0.218. The van der Waals surface area contributed by atoms with Crippen LogP contribution in [0.15, 0.2) is 42.5 Å². The van der Waals surface area contributed by atoms with Crippen LogP contribution < -0.4 is 0 Å². The number of benzene rings is 2. The minimum Gasteiger partial charge on any atom is -0.274 e. The molecule has 2 aromatic carbocycles. The Balaban J connectivity index is 2.15. The predicted molar refractivity (Wildman–Crippen MR) is 76.1 cm³/mol. The van der Waals surface area contributed by atoms with Crippen molar-refractivity contribution in [3.05, 3.63) is 48.0 Å². The van der Waals surface area contributed by atoms with Crippen LogP contribution >= 0.6 is 0 Å². The second kappa shape index (κ2) is 4.86. The number of aromatic nitrogens is 2. The third-order valence-corrected chi connectivity index (χ3v) is 3.15. The summed E-state index contributed by atoms with van der Waals surface area (Å²) in [7, 11) is 3.02. The summed E-state index contributed by atoms with van der Waals surface area (Å²) in [5, 5.41) is 1.18. The van der Waals surface area contributed by atoms with E-state index in [1.54, 1.807) is 25.2 Å². The maximum atomic E-state index is 12.0. The lowest BCUT2D eigenvalue weighted by Gasteiger charge is -2.13. The van der Waals surface area contributed by atoms with E-state index >= 15 is 0 Å². The molecule has 0 bridgehead atoms. The Hall–Kier alpha value is -2.53. The predicted octanol–water partition coefficient (Wildman–Crippen LogP) is 2.42. The molecule has 0 spiro atoms. The lowest BCUT2D eigenvalue weighted by Crippen LogP contribution is -2.25. The van der Waals surface area contributed by atoms with Crippen LogP contribution in [0.3, 0.4) is 0 Å². The van der Waals surface area contributed by atoms with Gasteiger partial charge in [0.25, 0.3) is 5.91 Å². The molecule has 1 amide bonds. The quantitative estimate of drug-likeness (QED) is 0.528. The number of hydroxylamine groups is 2. The van der Waals surface area contributed by atoms with Gasteiger partial charge in [0, 0.05) is 12.6 Å². The first-order valence-electron chi connectivity index (χ1n) is 6.18. The Morgan fingerprint density at radius 2 is 1.60 bits per heavy atom. The average Bonchev–Trinajstić information content (AvgIpc) is 2.50. The Morgan fingerprint density at radius 1 is 1.00 bits per heavy atom. The van der Waals surface area contributed by atoms with Crippen molar-refractivity contribution >= 4 is 28.0 Å². The van der Waals surface area contributed by atoms with Gasteiger partial charge < -0.3 is 0 Å². The summed E-state index contributed by atoms with van der Waals surface area (Å²) < 4.78 is 0. The van der Waals surface area contributed by atoms with Gasteiger partial charge in [-0.15, -0.1) is 0 Å². The summed E-state index contributed by atoms with van der Waals surface area (Å²) in [6, 6.07) is 12.9. The molecule has 5 heteroatoms. The van der Waals surface area contributed by atoms with Crippen LogP contribution in [0, 0.1) is 0 Å². The molecule has 0 radical (unpaired) electrons. The fourth-order valence-corrected chi connectivity index (χ4v) is 2.02. The Bertz CT molecular complexity index is 801. The second-order valence-electron chi connectivity index (χ2n) is 4.40. The Kier molecular flexibility index (Phi) is 3.04. The molecular weight excluding hydrogens is 254 g/mol. The van der Waals surface area contributed by atoms with Crippen molar-refractivity contribution in [2.24, 2.45) is 0 Å². The molecule has 0 unspecified atom stereocenters. The molecule has 0 aliphatic heterocycles. The molecule has 3 aromatic rings. The number of carbonyl (C=O) groups excluding carboxylic acids is 1. The number of hydrogen-bond acceptors (Lipinski definition) is 4. The van der Waals surface area contributed by atoms with Gasteiger partial charge in [-0.3, -0.25) is 9.63 Å². The van der Waals surface area contributed by atoms with E-state index in [1.807, 2.05) is 24.3 Å². The smallest absolute Gasteiger partial charge is 0.274 e. The van der Waals surface area contributed by atoms with Gasteiger partial charge in [-0.25, -0.2) is 15.0 Å². The van der Waals surface area contributed by atoms with Crippen LogP contribution in [0.1, 0.15) is 10.4 Å². The first kappa shape index (κ1) is 12.5. The van der Waals surface area contributed by atoms with Crippen LogP contribution in [-0.4, -0.2) is 35.1 Å². The number of rotatable bonds is 2. The van der Waals surface area contributed by atoms with Crippen molar-refractivity contribution in [3.63, 3.8) is 0 Å². The van der Waals surface area contributed by atoms with Crippen LogP contribution in [0.5, 0.6) is 0 Å². The van der Waals surface area contributed by atoms with Crippen LogP contribution in [0.2, 0.25) is 0 Å². The van der Waals surface area contributed by atoms with E-state index in [-0.39, 0.29) is 5.91 Å². The van der Waals surface area contributed by atoms with Crippen molar-refractivity contribution in [1.29, 1.82) is 0 Å². The molecule has 100 valence electrons. The SMILES string of the molecule is CON(C)C(=O)c1ccc2nc3ccccc3nc2c1. The molecule has 1 heterocycles. The molecule has 0 N–H and O–H groups in total. The van der Waals surface area contributed by atoms with Crippen molar-refractivity contribution in [1.82, 2.24) is 15.0 Å². The van der Waals surface area contributed by atoms with E-state index in [0.717, 1.165) is 16.6 Å². The monoisotopic (exact) mass is 267 g/mol. The van der Waals surface area contributed by atoms with Crippen LogP contribution in [0.25, 0.3) is 22.1 Å². The number of carbonyl (C=O) groups is 1. The highest BCUT2D eigenvalue weighted by Crippen LogP contribution is 2.17. The lowest BCUT2D eigenvalue weighted by atomic mass is 10.1. The highest BCUT2D eigenvalue weighted by Gasteiger charge is 2.12.